The molecule has 1 aromatic carbocycles. The van der Waals surface area contributed by atoms with Crippen LogP contribution in [0.2, 0.25) is 0 Å². The van der Waals surface area contributed by atoms with Gasteiger partial charge in [-0.3, -0.25) is 4.90 Å². The molecule has 3 heteroatoms. The highest BCUT2D eigenvalue weighted by Gasteiger charge is 2.35. The van der Waals surface area contributed by atoms with Crippen molar-refractivity contribution in [1.29, 1.82) is 0 Å². The van der Waals surface area contributed by atoms with Gasteiger partial charge in [0.1, 0.15) is 12.4 Å². The molecule has 1 N–H and O–H groups in total. The van der Waals surface area contributed by atoms with E-state index in [0.717, 1.165) is 37.3 Å². The first-order valence-corrected chi connectivity index (χ1v) is 7.94. The molecule has 1 saturated heterocycles. The van der Waals surface area contributed by atoms with Gasteiger partial charge in [0.2, 0.25) is 0 Å². The van der Waals surface area contributed by atoms with Crippen molar-refractivity contribution in [3.63, 3.8) is 0 Å². The van der Waals surface area contributed by atoms with Gasteiger partial charge >= 0.3 is 0 Å². The first-order valence-electron chi connectivity index (χ1n) is 7.94. The van der Waals surface area contributed by atoms with Crippen LogP contribution in [0, 0.1) is 11.8 Å². The number of hydrogen-bond acceptors (Lipinski definition) is 3. The van der Waals surface area contributed by atoms with Crippen molar-refractivity contribution in [3.8, 4) is 5.75 Å². The lowest BCUT2D eigenvalue weighted by molar-refractivity contribution is 0.226. The maximum Gasteiger partial charge on any atom is 0.123 e. The number of hydrogen-bond donors (Lipinski definition) is 1. The molecule has 0 bridgehead atoms. The number of likely N-dealkylation sites (tertiary alicyclic amines) is 1. The van der Waals surface area contributed by atoms with Crippen molar-refractivity contribution in [2.24, 2.45) is 11.8 Å². The Morgan fingerprint density at radius 3 is 2.70 bits per heavy atom. The third kappa shape index (κ3) is 3.15. The van der Waals surface area contributed by atoms with Crippen LogP contribution in [-0.2, 0) is 6.54 Å². The highest BCUT2D eigenvalue weighted by molar-refractivity contribution is 5.33. The van der Waals surface area contributed by atoms with Crippen LogP contribution in [0.3, 0.4) is 0 Å². The summed E-state index contributed by atoms with van der Waals surface area (Å²) in [6.45, 7) is 5.34. The molecule has 0 aromatic heterocycles. The maximum atomic E-state index is 5.99. The molecule has 1 saturated carbocycles. The summed E-state index contributed by atoms with van der Waals surface area (Å²) in [7, 11) is 1.97. The molecule has 110 valence electrons. The minimum Gasteiger partial charge on any atom is -0.492 e. The van der Waals surface area contributed by atoms with Crippen LogP contribution in [0.1, 0.15) is 24.8 Å². The third-order valence-corrected chi connectivity index (χ3v) is 4.81. The number of fused-ring (bicyclic) bond motifs is 1. The summed E-state index contributed by atoms with van der Waals surface area (Å²) in [6, 6.07) is 8.33. The summed E-state index contributed by atoms with van der Waals surface area (Å²) < 4.78 is 5.99. The maximum absolute atomic E-state index is 5.99. The van der Waals surface area contributed by atoms with Gasteiger partial charge in [-0.05, 0) is 37.8 Å². The molecule has 0 amide bonds. The van der Waals surface area contributed by atoms with E-state index >= 15 is 0 Å². The predicted octanol–water partition coefficient (Wildman–Crippen LogP) is 2.52. The van der Waals surface area contributed by atoms with E-state index < -0.39 is 0 Å². The lowest BCUT2D eigenvalue weighted by Gasteiger charge is -2.18. The summed E-state index contributed by atoms with van der Waals surface area (Å²) in [5.74, 6) is 2.99. The molecular weight excluding hydrogens is 248 g/mol. The number of nitrogens with one attached hydrogen (secondary N) is 1. The highest BCUT2D eigenvalue weighted by Crippen LogP contribution is 2.37. The van der Waals surface area contributed by atoms with Gasteiger partial charge < -0.3 is 10.1 Å². The van der Waals surface area contributed by atoms with Crippen LogP contribution in [0.4, 0.5) is 0 Å². The van der Waals surface area contributed by atoms with Crippen LogP contribution in [-0.4, -0.2) is 38.2 Å². The zero-order valence-corrected chi connectivity index (χ0v) is 12.5. The Balaban J connectivity index is 1.46. The number of rotatable bonds is 6. The van der Waals surface area contributed by atoms with E-state index in [1.807, 2.05) is 7.05 Å². The molecule has 0 radical (unpaired) electrons. The Morgan fingerprint density at radius 1 is 1.20 bits per heavy atom. The predicted molar refractivity (Wildman–Crippen MR) is 82.0 cm³/mol. The minimum atomic E-state index is 0.806. The number of nitrogens with zero attached hydrogens (tertiary/aromatic N) is 1. The van der Waals surface area contributed by atoms with Gasteiger partial charge in [-0.1, -0.05) is 24.6 Å². The van der Waals surface area contributed by atoms with Crippen molar-refractivity contribution in [1.82, 2.24) is 10.2 Å². The van der Waals surface area contributed by atoms with E-state index in [2.05, 4.69) is 34.5 Å². The van der Waals surface area contributed by atoms with E-state index in [4.69, 9.17) is 4.74 Å². The van der Waals surface area contributed by atoms with Gasteiger partial charge in [0, 0.05) is 31.7 Å². The zero-order chi connectivity index (χ0) is 13.8. The number of benzene rings is 1. The zero-order valence-electron chi connectivity index (χ0n) is 12.5. The monoisotopic (exact) mass is 274 g/mol. The van der Waals surface area contributed by atoms with Gasteiger partial charge in [0.15, 0.2) is 0 Å². The average molecular weight is 274 g/mol. The van der Waals surface area contributed by atoms with E-state index in [1.165, 1.54) is 37.9 Å². The molecule has 2 atom stereocenters. The van der Waals surface area contributed by atoms with E-state index in [0.29, 0.717) is 0 Å². The normalized spacial score (nSPS) is 25.9. The lowest BCUT2D eigenvalue weighted by atomic mass is 10.0. The number of ether oxygens (including phenoxy) is 1. The van der Waals surface area contributed by atoms with Crippen LogP contribution in [0.25, 0.3) is 0 Å². The van der Waals surface area contributed by atoms with E-state index in [-0.39, 0.29) is 0 Å². The average Bonchev–Trinajstić information content (AvgIpc) is 3.02. The SMILES string of the molecule is CNCc1ccccc1OCCN1CC2CCCC2C1. The minimum absolute atomic E-state index is 0.806. The number of para-hydroxylation sites is 1. The fourth-order valence-corrected chi connectivity index (χ4v) is 3.78. The summed E-state index contributed by atoms with van der Waals surface area (Å²) in [6.07, 6.45) is 4.36. The van der Waals surface area contributed by atoms with E-state index in [1.54, 1.807) is 0 Å². The quantitative estimate of drug-likeness (QED) is 0.862. The van der Waals surface area contributed by atoms with Crippen molar-refractivity contribution >= 4 is 0 Å². The Hall–Kier alpha value is -1.06. The second-order valence-corrected chi connectivity index (χ2v) is 6.20. The van der Waals surface area contributed by atoms with E-state index in [9.17, 15) is 0 Å². The highest BCUT2D eigenvalue weighted by atomic mass is 16.5. The topological polar surface area (TPSA) is 24.5 Å². The second-order valence-electron chi connectivity index (χ2n) is 6.20. The Kier molecular flexibility index (Phi) is 4.58. The van der Waals surface area contributed by atoms with Gasteiger partial charge in [0.25, 0.3) is 0 Å². The van der Waals surface area contributed by atoms with Crippen molar-refractivity contribution in [2.75, 3.05) is 33.3 Å². The van der Waals surface area contributed by atoms with Gasteiger partial charge in [-0.25, -0.2) is 0 Å². The Morgan fingerprint density at radius 2 is 1.95 bits per heavy atom. The van der Waals surface area contributed by atoms with Gasteiger partial charge in [-0.2, -0.15) is 0 Å². The van der Waals surface area contributed by atoms with Crippen LogP contribution in [0.5, 0.6) is 5.75 Å². The summed E-state index contributed by atoms with van der Waals surface area (Å²) in [5.41, 5.74) is 1.24. The molecule has 0 spiro atoms. The van der Waals surface area contributed by atoms with Crippen LogP contribution < -0.4 is 10.1 Å². The summed E-state index contributed by atoms with van der Waals surface area (Å²) >= 11 is 0. The molecule has 1 aliphatic heterocycles. The second kappa shape index (κ2) is 6.59. The fraction of sp³-hybridized carbons (Fsp3) is 0.647. The summed E-state index contributed by atoms with van der Waals surface area (Å²) in [5, 5.41) is 3.19. The first kappa shape index (κ1) is 13.9. The molecule has 20 heavy (non-hydrogen) atoms. The molecule has 3 nitrogen and oxygen atoms in total. The first-order chi connectivity index (χ1) is 9.86. The smallest absolute Gasteiger partial charge is 0.123 e. The molecular formula is C17H26N2O. The molecule has 3 rings (SSSR count). The molecule has 1 aliphatic carbocycles. The molecule has 1 heterocycles. The fourth-order valence-electron chi connectivity index (χ4n) is 3.78. The van der Waals surface area contributed by atoms with Crippen molar-refractivity contribution in [2.45, 2.75) is 25.8 Å². The lowest BCUT2D eigenvalue weighted by Crippen LogP contribution is -2.27. The van der Waals surface area contributed by atoms with Crippen molar-refractivity contribution in [3.05, 3.63) is 29.8 Å². The largest absolute Gasteiger partial charge is 0.492 e. The molecule has 2 fully saturated rings. The van der Waals surface area contributed by atoms with Crippen LogP contribution >= 0.6 is 0 Å². The van der Waals surface area contributed by atoms with Gasteiger partial charge in [0.05, 0.1) is 0 Å². The Labute approximate surface area is 122 Å². The summed E-state index contributed by atoms with van der Waals surface area (Å²) in [4.78, 5) is 2.59. The van der Waals surface area contributed by atoms with Crippen molar-refractivity contribution < 1.29 is 4.74 Å². The third-order valence-electron chi connectivity index (χ3n) is 4.81. The molecule has 2 aliphatic rings. The van der Waals surface area contributed by atoms with Crippen LogP contribution in [0.15, 0.2) is 24.3 Å². The Bertz CT molecular complexity index is 423. The standard InChI is InChI=1S/C17H26N2O/c1-18-11-14-5-2-3-8-17(14)20-10-9-19-12-15-6-4-7-16(15)13-19/h2-3,5,8,15-16,18H,4,6-7,9-13H2,1H3. The van der Waals surface area contributed by atoms with Gasteiger partial charge in [-0.15, -0.1) is 0 Å². The molecule has 2 unspecified atom stereocenters. The molecule has 1 aromatic rings.